The molecule has 20 heavy (non-hydrogen) atoms. The number of carboxylic acids is 1. The van der Waals surface area contributed by atoms with E-state index >= 15 is 0 Å². The van der Waals surface area contributed by atoms with E-state index in [1.165, 1.54) is 23.1 Å². The molecule has 0 aliphatic carbocycles. The number of benzene rings is 1. The van der Waals surface area contributed by atoms with E-state index in [0.29, 0.717) is 19.6 Å². The summed E-state index contributed by atoms with van der Waals surface area (Å²) in [6.45, 7) is 1.02. The molecule has 1 aromatic carbocycles. The van der Waals surface area contributed by atoms with Crippen molar-refractivity contribution in [2.24, 2.45) is 0 Å². The fourth-order valence-corrected chi connectivity index (χ4v) is 1.58. The molecule has 0 saturated heterocycles. The molecule has 7 heteroatoms. The number of carboxylic acid groups (broad SMARTS) is 1. The van der Waals surface area contributed by atoms with Crippen molar-refractivity contribution in [3.63, 3.8) is 0 Å². The van der Waals surface area contributed by atoms with Crippen molar-refractivity contribution in [2.45, 2.75) is 6.42 Å². The summed E-state index contributed by atoms with van der Waals surface area (Å²) in [5.41, 5.74) is -0.196. The monoisotopic (exact) mass is 282 g/mol. The maximum atomic E-state index is 11.9. The number of aromatic hydroxyl groups is 1. The second-order valence-electron chi connectivity index (χ2n) is 4.20. The highest BCUT2D eigenvalue weighted by Gasteiger charge is 2.16. The zero-order valence-corrected chi connectivity index (χ0v) is 11.4. The number of aromatic carboxylic acids is 1. The topological polar surface area (TPSA) is 99.1 Å². The third kappa shape index (κ3) is 4.13. The highest BCUT2D eigenvalue weighted by molar-refractivity contribution is 5.97. The van der Waals surface area contributed by atoms with Crippen LogP contribution in [0.25, 0.3) is 0 Å². The number of amides is 2. The summed E-state index contributed by atoms with van der Waals surface area (Å²) in [5.74, 6) is -1.72. The Hall–Kier alpha value is -2.28. The van der Waals surface area contributed by atoms with Crippen LogP contribution in [0.5, 0.6) is 5.75 Å². The molecule has 0 bridgehead atoms. The average molecular weight is 282 g/mol. The number of para-hydroxylation sites is 1. The minimum Gasteiger partial charge on any atom is -0.505 e. The van der Waals surface area contributed by atoms with Crippen LogP contribution in [-0.4, -0.2) is 54.4 Å². The molecule has 0 radical (unpaired) electrons. The van der Waals surface area contributed by atoms with Crippen molar-refractivity contribution >= 4 is 17.7 Å². The third-order valence-electron chi connectivity index (χ3n) is 2.70. The van der Waals surface area contributed by atoms with Crippen LogP contribution < -0.4 is 5.32 Å². The molecule has 0 fully saturated rings. The van der Waals surface area contributed by atoms with Gasteiger partial charge in [0.2, 0.25) is 0 Å². The first kappa shape index (κ1) is 15.8. The number of nitrogens with zero attached hydrogens (tertiary/aromatic N) is 1. The largest absolute Gasteiger partial charge is 0.505 e. The zero-order valence-electron chi connectivity index (χ0n) is 11.4. The van der Waals surface area contributed by atoms with Crippen LogP contribution in [0.2, 0.25) is 0 Å². The van der Waals surface area contributed by atoms with Crippen molar-refractivity contribution in [2.75, 3.05) is 32.6 Å². The lowest BCUT2D eigenvalue weighted by atomic mass is 10.1. The smallest absolute Gasteiger partial charge is 0.339 e. The molecule has 110 valence electrons. The minimum absolute atomic E-state index is 0.0634. The Balaban J connectivity index is 2.71. The maximum Gasteiger partial charge on any atom is 0.339 e. The van der Waals surface area contributed by atoms with E-state index in [9.17, 15) is 14.7 Å². The van der Waals surface area contributed by atoms with E-state index < -0.39 is 17.7 Å². The normalized spacial score (nSPS) is 10.1. The van der Waals surface area contributed by atoms with Gasteiger partial charge in [-0.1, -0.05) is 6.07 Å². The van der Waals surface area contributed by atoms with E-state index in [1.807, 2.05) is 0 Å². The summed E-state index contributed by atoms with van der Waals surface area (Å²) in [6, 6.07) is 3.71. The van der Waals surface area contributed by atoms with Crippen LogP contribution in [0.15, 0.2) is 18.2 Å². The summed E-state index contributed by atoms with van der Waals surface area (Å²) in [7, 11) is 3.18. The van der Waals surface area contributed by atoms with Gasteiger partial charge in [0.25, 0.3) is 0 Å². The molecule has 0 unspecified atom stereocenters. The van der Waals surface area contributed by atoms with Gasteiger partial charge < -0.3 is 25.2 Å². The number of carbonyl (C=O) groups is 2. The standard InChI is InChI=1S/C13H18N2O5/c1-15(7-4-8-20-2)13(19)14-10-6-3-5-9(11(10)16)12(17)18/h3,5-6,16H,4,7-8H2,1-2H3,(H,14,19)(H,17,18). The van der Waals surface area contributed by atoms with Crippen LogP contribution in [0.4, 0.5) is 10.5 Å². The van der Waals surface area contributed by atoms with Gasteiger partial charge in [-0.2, -0.15) is 0 Å². The van der Waals surface area contributed by atoms with E-state index in [2.05, 4.69) is 5.32 Å². The fourth-order valence-electron chi connectivity index (χ4n) is 1.58. The molecule has 0 aliphatic heterocycles. The summed E-state index contributed by atoms with van der Waals surface area (Å²) >= 11 is 0. The molecule has 3 N–H and O–H groups in total. The van der Waals surface area contributed by atoms with Gasteiger partial charge in [0.1, 0.15) is 5.56 Å². The summed E-state index contributed by atoms with van der Waals surface area (Å²) in [5, 5.41) is 21.1. The fraction of sp³-hybridized carbons (Fsp3) is 0.385. The van der Waals surface area contributed by atoms with Gasteiger partial charge in [-0.25, -0.2) is 9.59 Å². The lowest BCUT2D eigenvalue weighted by Crippen LogP contribution is -2.32. The van der Waals surface area contributed by atoms with Gasteiger partial charge in [0, 0.05) is 27.3 Å². The lowest BCUT2D eigenvalue weighted by Gasteiger charge is -2.18. The molecule has 1 rings (SSSR count). The minimum atomic E-state index is -1.26. The van der Waals surface area contributed by atoms with Gasteiger partial charge >= 0.3 is 12.0 Å². The molecular formula is C13H18N2O5. The number of hydrogen-bond donors (Lipinski definition) is 3. The van der Waals surface area contributed by atoms with E-state index in [0.717, 1.165) is 0 Å². The van der Waals surface area contributed by atoms with Gasteiger partial charge in [-0.05, 0) is 18.6 Å². The average Bonchev–Trinajstić information content (AvgIpc) is 2.40. The molecule has 0 saturated carbocycles. The first-order valence-electron chi connectivity index (χ1n) is 6.03. The van der Waals surface area contributed by atoms with E-state index in [-0.39, 0.29) is 11.3 Å². The summed E-state index contributed by atoms with van der Waals surface area (Å²) in [6.07, 6.45) is 0.682. The first-order valence-corrected chi connectivity index (χ1v) is 6.03. The summed E-state index contributed by atoms with van der Waals surface area (Å²) in [4.78, 5) is 24.1. The highest BCUT2D eigenvalue weighted by atomic mass is 16.5. The second kappa shape index (κ2) is 7.34. The van der Waals surface area contributed by atoms with Crippen LogP contribution in [0.1, 0.15) is 16.8 Å². The highest BCUT2D eigenvalue weighted by Crippen LogP contribution is 2.27. The zero-order chi connectivity index (χ0) is 15.1. The van der Waals surface area contributed by atoms with Crippen molar-refractivity contribution in [3.8, 4) is 5.75 Å². The third-order valence-corrected chi connectivity index (χ3v) is 2.70. The number of carbonyl (C=O) groups excluding carboxylic acids is 1. The number of anilines is 1. The van der Waals surface area contributed by atoms with Gasteiger partial charge in [-0.3, -0.25) is 0 Å². The van der Waals surface area contributed by atoms with Crippen LogP contribution in [0.3, 0.4) is 0 Å². The van der Waals surface area contributed by atoms with E-state index in [1.54, 1.807) is 14.2 Å². The van der Waals surface area contributed by atoms with Gasteiger partial charge in [0.15, 0.2) is 5.75 Å². The number of phenols is 1. The number of ether oxygens (including phenoxy) is 1. The van der Waals surface area contributed by atoms with Gasteiger partial charge in [0.05, 0.1) is 5.69 Å². The number of rotatable bonds is 6. The molecule has 2 amide bonds. The van der Waals surface area contributed by atoms with Crippen LogP contribution in [0, 0.1) is 0 Å². The van der Waals surface area contributed by atoms with Crippen LogP contribution in [-0.2, 0) is 4.74 Å². The van der Waals surface area contributed by atoms with Gasteiger partial charge in [-0.15, -0.1) is 0 Å². The summed E-state index contributed by atoms with van der Waals surface area (Å²) < 4.78 is 4.89. The van der Waals surface area contributed by atoms with Crippen molar-refractivity contribution in [3.05, 3.63) is 23.8 Å². The second-order valence-corrected chi connectivity index (χ2v) is 4.20. The molecule has 0 spiro atoms. The number of nitrogens with one attached hydrogen (secondary N) is 1. The Labute approximate surface area is 116 Å². The quantitative estimate of drug-likeness (QED) is 0.543. The Morgan fingerprint density at radius 2 is 2.10 bits per heavy atom. The molecule has 0 aromatic heterocycles. The Bertz CT molecular complexity index is 490. The van der Waals surface area contributed by atoms with Crippen molar-refractivity contribution in [1.29, 1.82) is 0 Å². The SMILES string of the molecule is COCCCN(C)C(=O)Nc1cccc(C(=O)O)c1O. The number of methoxy groups -OCH3 is 1. The molecule has 0 aliphatic rings. The molecule has 0 heterocycles. The van der Waals surface area contributed by atoms with Crippen LogP contribution >= 0.6 is 0 Å². The molecular weight excluding hydrogens is 264 g/mol. The predicted octanol–water partition coefficient (Wildman–Crippen LogP) is 1.59. The van der Waals surface area contributed by atoms with Crippen molar-refractivity contribution in [1.82, 2.24) is 4.90 Å². The Morgan fingerprint density at radius 3 is 2.70 bits per heavy atom. The first-order chi connectivity index (χ1) is 9.47. The Morgan fingerprint density at radius 1 is 1.40 bits per heavy atom. The molecule has 7 nitrogen and oxygen atoms in total. The van der Waals surface area contributed by atoms with E-state index in [4.69, 9.17) is 9.84 Å². The predicted molar refractivity (Wildman–Crippen MR) is 73.2 cm³/mol. The molecule has 1 aromatic rings. The molecule has 0 atom stereocenters. The Kier molecular flexibility index (Phi) is 5.79. The maximum absolute atomic E-state index is 11.9. The lowest BCUT2D eigenvalue weighted by molar-refractivity contribution is 0.0693. The van der Waals surface area contributed by atoms with Crippen molar-refractivity contribution < 1.29 is 24.5 Å². The number of urea groups is 1. The number of hydrogen-bond acceptors (Lipinski definition) is 4.